The van der Waals surface area contributed by atoms with E-state index in [-0.39, 0.29) is 37.5 Å². The second kappa shape index (κ2) is 1.82. The Morgan fingerprint density at radius 3 is 2.00 bits per heavy atom. The summed E-state index contributed by atoms with van der Waals surface area (Å²) < 4.78 is 21.9. The van der Waals surface area contributed by atoms with Crippen molar-refractivity contribution in [1.82, 2.24) is 10.6 Å². The summed E-state index contributed by atoms with van der Waals surface area (Å²) in [7, 11) is 0. The number of morpholine rings is 1. The molecular formula is C6H8N2O4. The highest BCUT2D eigenvalue weighted by Gasteiger charge is 2.58. The Labute approximate surface area is 68.1 Å². The van der Waals surface area contributed by atoms with Crippen LogP contribution in [-0.2, 0) is 18.9 Å². The molecule has 0 saturated carbocycles. The first-order chi connectivity index (χ1) is 5.90. The van der Waals surface area contributed by atoms with Gasteiger partial charge in [0.2, 0.25) is 12.6 Å². The zero-order valence-electron chi connectivity index (χ0n) is 6.10. The van der Waals surface area contributed by atoms with E-state index >= 15 is 0 Å². The molecule has 5 aliphatic heterocycles. The van der Waals surface area contributed by atoms with Crippen LogP contribution in [0.15, 0.2) is 0 Å². The van der Waals surface area contributed by atoms with Crippen LogP contribution in [0.1, 0.15) is 0 Å². The quantitative estimate of drug-likeness (QED) is 0.451. The summed E-state index contributed by atoms with van der Waals surface area (Å²) in [6.45, 7) is 0. The van der Waals surface area contributed by atoms with Crippen molar-refractivity contribution in [1.29, 1.82) is 0 Å². The predicted molar refractivity (Wildman–Crippen MR) is 33.3 cm³/mol. The van der Waals surface area contributed by atoms with Crippen LogP contribution in [-0.4, -0.2) is 37.5 Å². The molecule has 6 atom stereocenters. The van der Waals surface area contributed by atoms with E-state index in [9.17, 15) is 0 Å². The van der Waals surface area contributed by atoms with Gasteiger partial charge < -0.3 is 18.9 Å². The highest BCUT2D eigenvalue weighted by Crippen LogP contribution is 2.35. The monoisotopic (exact) mass is 172 g/mol. The van der Waals surface area contributed by atoms with Crippen molar-refractivity contribution in [3.63, 3.8) is 0 Å². The Kier molecular flexibility index (Phi) is 0.946. The summed E-state index contributed by atoms with van der Waals surface area (Å²) in [6.07, 6.45) is -1.15. The molecule has 6 heteroatoms. The van der Waals surface area contributed by atoms with Crippen LogP contribution in [0.3, 0.4) is 0 Å². The SMILES string of the molecule is N1C2OC3NC2OC2OC3OC12. The normalized spacial score (nSPS) is 66.0. The molecule has 5 fully saturated rings. The van der Waals surface area contributed by atoms with Gasteiger partial charge in [-0.05, 0) is 0 Å². The van der Waals surface area contributed by atoms with Gasteiger partial charge in [-0.1, -0.05) is 0 Å². The standard InChI is InChI=1S/C6H8N2O4/c7-1-2-8-3(9-1)5-11-4(7)6(10-2)12-5/h1-8H. The van der Waals surface area contributed by atoms with E-state index in [0.29, 0.717) is 0 Å². The summed E-state index contributed by atoms with van der Waals surface area (Å²) in [5.74, 6) is 0. The molecule has 2 N–H and O–H groups in total. The lowest BCUT2D eigenvalue weighted by Gasteiger charge is -2.32. The molecule has 0 spiro atoms. The molecule has 6 bridgehead atoms. The fourth-order valence-corrected chi connectivity index (χ4v) is 2.01. The molecule has 0 aromatic heterocycles. The van der Waals surface area contributed by atoms with Crippen LogP contribution in [0.25, 0.3) is 0 Å². The fourth-order valence-electron chi connectivity index (χ4n) is 2.01. The predicted octanol–water partition coefficient (Wildman–Crippen LogP) is -1.76. The molecule has 5 rings (SSSR count). The van der Waals surface area contributed by atoms with Gasteiger partial charge in [-0.25, -0.2) is 0 Å². The number of ether oxygens (including phenoxy) is 4. The van der Waals surface area contributed by atoms with Gasteiger partial charge in [0.05, 0.1) is 0 Å². The zero-order chi connectivity index (χ0) is 7.71. The summed E-state index contributed by atoms with van der Waals surface area (Å²) >= 11 is 0. The third-order valence-corrected chi connectivity index (χ3v) is 2.55. The lowest BCUT2D eigenvalue weighted by Crippen LogP contribution is -2.58. The van der Waals surface area contributed by atoms with Crippen molar-refractivity contribution in [2.24, 2.45) is 0 Å². The molecule has 0 amide bonds. The number of hydrogen-bond donors (Lipinski definition) is 2. The van der Waals surface area contributed by atoms with Crippen LogP contribution < -0.4 is 10.6 Å². The van der Waals surface area contributed by atoms with Crippen LogP contribution >= 0.6 is 0 Å². The molecule has 5 heterocycles. The Balaban J connectivity index is 1.84. The highest BCUT2D eigenvalue weighted by atomic mass is 16.9. The maximum absolute atomic E-state index is 5.51. The van der Waals surface area contributed by atoms with Crippen LogP contribution in [0.4, 0.5) is 0 Å². The number of nitrogens with one attached hydrogen (secondary N) is 2. The molecule has 6 unspecified atom stereocenters. The Morgan fingerprint density at radius 1 is 0.583 bits per heavy atom. The first-order valence-electron chi connectivity index (χ1n) is 4.04. The van der Waals surface area contributed by atoms with Crippen molar-refractivity contribution < 1.29 is 18.9 Å². The first kappa shape index (κ1) is 6.25. The van der Waals surface area contributed by atoms with E-state index in [1.165, 1.54) is 0 Å². The topological polar surface area (TPSA) is 61.0 Å². The molecule has 0 aliphatic carbocycles. The van der Waals surface area contributed by atoms with Crippen molar-refractivity contribution in [2.75, 3.05) is 0 Å². The maximum atomic E-state index is 5.51. The largest absolute Gasteiger partial charge is 0.335 e. The molecule has 5 aliphatic rings. The van der Waals surface area contributed by atoms with E-state index in [0.717, 1.165) is 0 Å². The highest BCUT2D eigenvalue weighted by molar-refractivity contribution is 4.93. The van der Waals surface area contributed by atoms with Crippen molar-refractivity contribution in [2.45, 2.75) is 37.5 Å². The van der Waals surface area contributed by atoms with Gasteiger partial charge in [0, 0.05) is 0 Å². The second-order valence-electron chi connectivity index (χ2n) is 3.30. The van der Waals surface area contributed by atoms with Gasteiger partial charge in [-0.3, -0.25) is 10.6 Å². The molecule has 12 heavy (non-hydrogen) atoms. The molecule has 5 saturated heterocycles. The van der Waals surface area contributed by atoms with Crippen molar-refractivity contribution in [3.8, 4) is 0 Å². The fraction of sp³-hybridized carbons (Fsp3) is 1.00. The first-order valence-corrected chi connectivity index (χ1v) is 4.04. The summed E-state index contributed by atoms with van der Waals surface area (Å²) in [5, 5.41) is 6.26. The van der Waals surface area contributed by atoms with Crippen LogP contribution in [0.5, 0.6) is 0 Å². The van der Waals surface area contributed by atoms with Gasteiger partial charge in [-0.15, -0.1) is 0 Å². The average molecular weight is 172 g/mol. The van der Waals surface area contributed by atoms with E-state index < -0.39 is 0 Å². The van der Waals surface area contributed by atoms with Crippen molar-refractivity contribution in [3.05, 3.63) is 0 Å². The van der Waals surface area contributed by atoms with Gasteiger partial charge in [0.15, 0.2) is 24.9 Å². The maximum Gasteiger partial charge on any atom is 0.202 e. The van der Waals surface area contributed by atoms with E-state index in [4.69, 9.17) is 18.9 Å². The molecule has 0 aromatic carbocycles. The van der Waals surface area contributed by atoms with Gasteiger partial charge >= 0.3 is 0 Å². The minimum atomic E-state index is -0.329. The summed E-state index contributed by atoms with van der Waals surface area (Å²) in [5.41, 5.74) is 0. The lowest BCUT2D eigenvalue weighted by molar-refractivity contribution is -0.234. The van der Waals surface area contributed by atoms with Crippen LogP contribution in [0, 0.1) is 0 Å². The Morgan fingerprint density at radius 2 is 1.17 bits per heavy atom. The minimum absolute atomic E-state index is 0.0925. The Hall–Kier alpha value is -0.240. The molecular weight excluding hydrogens is 164 g/mol. The zero-order valence-corrected chi connectivity index (χ0v) is 6.10. The van der Waals surface area contributed by atoms with Gasteiger partial charge in [0.1, 0.15) is 0 Å². The second-order valence-corrected chi connectivity index (χ2v) is 3.30. The summed E-state index contributed by atoms with van der Waals surface area (Å²) in [4.78, 5) is 0. The van der Waals surface area contributed by atoms with E-state index in [2.05, 4.69) is 10.6 Å². The van der Waals surface area contributed by atoms with E-state index in [1.807, 2.05) is 0 Å². The van der Waals surface area contributed by atoms with Gasteiger partial charge in [-0.2, -0.15) is 0 Å². The van der Waals surface area contributed by atoms with Gasteiger partial charge in [0.25, 0.3) is 0 Å². The number of rotatable bonds is 0. The Bertz CT molecular complexity index is 194. The van der Waals surface area contributed by atoms with E-state index in [1.54, 1.807) is 0 Å². The molecule has 0 aromatic rings. The number of hydrogen-bond acceptors (Lipinski definition) is 6. The lowest BCUT2D eigenvalue weighted by atomic mass is 10.3. The minimum Gasteiger partial charge on any atom is -0.335 e. The third kappa shape index (κ3) is 0.586. The summed E-state index contributed by atoms with van der Waals surface area (Å²) in [6, 6.07) is 0. The molecule has 66 valence electrons. The average Bonchev–Trinajstić information content (AvgIpc) is 2.48. The smallest absolute Gasteiger partial charge is 0.202 e. The molecule has 6 nitrogen and oxygen atoms in total. The third-order valence-electron chi connectivity index (χ3n) is 2.55. The van der Waals surface area contributed by atoms with Crippen molar-refractivity contribution >= 4 is 0 Å². The van der Waals surface area contributed by atoms with Crippen LogP contribution in [0.2, 0.25) is 0 Å². The molecule has 0 radical (unpaired) electrons.